The van der Waals surface area contributed by atoms with Crippen LogP contribution in [0.5, 0.6) is 0 Å². The number of hydrogen-bond acceptors (Lipinski definition) is 4. The molecule has 0 aliphatic carbocycles. The van der Waals surface area contributed by atoms with E-state index in [1.54, 1.807) is 0 Å². The second-order valence-corrected chi connectivity index (χ2v) is 6.34. The van der Waals surface area contributed by atoms with E-state index < -0.39 is 21.4 Å². The highest BCUT2D eigenvalue weighted by molar-refractivity contribution is 7.85. The van der Waals surface area contributed by atoms with Crippen molar-refractivity contribution >= 4 is 21.0 Å². The summed E-state index contributed by atoms with van der Waals surface area (Å²) in [6, 6.07) is 3.52. The van der Waals surface area contributed by atoms with Crippen LogP contribution < -0.4 is 11.2 Å². The predicted octanol–water partition coefficient (Wildman–Crippen LogP) is 0.592. The molecule has 0 bridgehead atoms. The number of nitrogens with zero attached hydrogens (tertiary/aromatic N) is 1. The van der Waals surface area contributed by atoms with Crippen LogP contribution in [0.4, 0.5) is 0 Å². The molecule has 0 saturated heterocycles. The van der Waals surface area contributed by atoms with Gasteiger partial charge in [-0.1, -0.05) is 13.8 Å². The Hall–Kier alpha value is -1.93. The molecule has 0 amide bonds. The van der Waals surface area contributed by atoms with E-state index in [4.69, 9.17) is 4.55 Å². The normalized spacial score (nSPS) is 12.2. The van der Waals surface area contributed by atoms with E-state index in [1.165, 1.54) is 10.6 Å². The summed E-state index contributed by atoms with van der Waals surface area (Å²) in [5.74, 6) is 0.121. The average Bonchev–Trinajstić information content (AvgIpc) is 2.32. The van der Waals surface area contributed by atoms with E-state index in [9.17, 15) is 18.0 Å². The monoisotopic (exact) mass is 298 g/mol. The number of aromatic amines is 1. The Bertz CT molecular complexity index is 877. The first-order chi connectivity index (χ1) is 9.20. The van der Waals surface area contributed by atoms with Crippen LogP contribution in [0.25, 0.3) is 10.9 Å². The molecule has 2 N–H and O–H groups in total. The first-order valence-electron chi connectivity index (χ1n) is 5.94. The number of H-pyrrole nitrogens is 1. The quantitative estimate of drug-likeness (QED) is 0.806. The Morgan fingerprint density at radius 2 is 1.95 bits per heavy atom. The summed E-state index contributed by atoms with van der Waals surface area (Å²) >= 11 is 0. The van der Waals surface area contributed by atoms with Crippen LogP contribution in [0.15, 0.2) is 32.7 Å². The largest absolute Gasteiger partial charge is 0.328 e. The van der Waals surface area contributed by atoms with Gasteiger partial charge in [-0.15, -0.1) is 0 Å². The van der Waals surface area contributed by atoms with Gasteiger partial charge in [0.25, 0.3) is 15.7 Å². The van der Waals surface area contributed by atoms with Gasteiger partial charge in [0.05, 0.1) is 15.8 Å². The molecule has 0 aliphatic heterocycles. The van der Waals surface area contributed by atoms with Crippen LogP contribution in [0.1, 0.15) is 13.8 Å². The lowest BCUT2D eigenvalue weighted by atomic mass is 10.2. The van der Waals surface area contributed by atoms with E-state index in [0.717, 1.165) is 12.1 Å². The predicted molar refractivity (Wildman–Crippen MR) is 73.5 cm³/mol. The summed E-state index contributed by atoms with van der Waals surface area (Å²) < 4.78 is 32.7. The van der Waals surface area contributed by atoms with Gasteiger partial charge >= 0.3 is 5.69 Å². The topological polar surface area (TPSA) is 109 Å². The van der Waals surface area contributed by atoms with Crippen LogP contribution in [-0.2, 0) is 16.7 Å². The Balaban J connectivity index is 2.90. The minimum atomic E-state index is -4.39. The lowest BCUT2D eigenvalue weighted by Gasteiger charge is -2.12. The van der Waals surface area contributed by atoms with Gasteiger partial charge in [-0.25, -0.2) is 4.79 Å². The number of rotatable bonds is 3. The van der Waals surface area contributed by atoms with Crippen molar-refractivity contribution in [2.24, 2.45) is 5.92 Å². The average molecular weight is 298 g/mol. The Morgan fingerprint density at radius 3 is 2.50 bits per heavy atom. The summed E-state index contributed by atoms with van der Waals surface area (Å²) in [5, 5.41) is 0.192. The summed E-state index contributed by atoms with van der Waals surface area (Å²) in [5.41, 5.74) is -1.02. The SMILES string of the molecule is CC(C)Cn1c(=O)[nH]c(=O)c2ccc(S(=O)(=O)O)cc21. The molecule has 2 aromatic rings. The third-order valence-corrected chi connectivity index (χ3v) is 3.67. The standard InChI is InChI=1S/C12H14N2O5S/c1-7(2)6-14-10-5-8(20(17,18)19)3-4-9(10)11(15)13-12(14)16/h3-5,7H,6H2,1-2H3,(H,13,15,16)(H,17,18,19). The molecule has 20 heavy (non-hydrogen) atoms. The van der Waals surface area contributed by atoms with Crippen molar-refractivity contribution in [3.8, 4) is 0 Å². The van der Waals surface area contributed by atoms with E-state index in [0.29, 0.717) is 6.54 Å². The van der Waals surface area contributed by atoms with Gasteiger partial charge in [0.15, 0.2) is 0 Å². The maximum Gasteiger partial charge on any atom is 0.328 e. The fourth-order valence-corrected chi connectivity index (χ4v) is 2.48. The van der Waals surface area contributed by atoms with Crippen LogP contribution in [0.2, 0.25) is 0 Å². The first-order valence-corrected chi connectivity index (χ1v) is 7.38. The van der Waals surface area contributed by atoms with Crippen molar-refractivity contribution in [1.29, 1.82) is 0 Å². The molecule has 0 spiro atoms. The second kappa shape index (κ2) is 4.88. The Kier molecular flexibility index (Phi) is 3.53. The molecule has 0 aliphatic rings. The number of aromatic nitrogens is 2. The molecule has 0 unspecified atom stereocenters. The van der Waals surface area contributed by atoms with E-state index in [1.807, 2.05) is 13.8 Å². The van der Waals surface area contributed by atoms with Gasteiger partial charge in [-0.05, 0) is 24.1 Å². The molecule has 2 rings (SSSR count). The third-order valence-electron chi connectivity index (χ3n) is 2.82. The van der Waals surface area contributed by atoms with Gasteiger partial charge in [0, 0.05) is 6.54 Å². The molecule has 1 aromatic heterocycles. The maximum absolute atomic E-state index is 11.8. The summed E-state index contributed by atoms with van der Waals surface area (Å²) in [4.78, 5) is 25.4. The molecule has 0 radical (unpaired) electrons. The van der Waals surface area contributed by atoms with Crippen LogP contribution >= 0.6 is 0 Å². The molecule has 1 heterocycles. The highest BCUT2D eigenvalue weighted by Crippen LogP contribution is 2.16. The van der Waals surface area contributed by atoms with Crippen LogP contribution in [0.3, 0.4) is 0 Å². The third kappa shape index (κ3) is 2.66. The fraction of sp³-hybridized carbons (Fsp3) is 0.333. The van der Waals surface area contributed by atoms with E-state index >= 15 is 0 Å². The summed E-state index contributed by atoms with van der Waals surface area (Å²) in [7, 11) is -4.39. The van der Waals surface area contributed by atoms with E-state index in [2.05, 4.69) is 4.98 Å². The second-order valence-electron chi connectivity index (χ2n) is 4.92. The van der Waals surface area contributed by atoms with Crippen LogP contribution in [-0.4, -0.2) is 22.5 Å². The molecular formula is C12H14N2O5S. The zero-order valence-corrected chi connectivity index (χ0v) is 11.8. The molecule has 0 saturated carbocycles. The lowest BCUT2D eigenvalue weighted by molar-refractivity contribution is 0.483. The number of nitrogens with one attached hydrogen (secondary N) is 1. The highest BCUT2D eigenvalue weighted by atomic mass is 32.2. The number of fused-ring (bicyclic) bond motifs is 1. The minimum Gasteiger partial charge on any atom is -0.293 e. The van der Waals surface area contributed by atoms with Crippen molar-refractivity contribution in [1.82, 2.24) is 9.55 Å². The molecule has 1 aromatic carbocycles. The lowest BCUT2D eigenvalue weighted by Crippen LogP contribution is -2.31. The molecule has 0 atom stereocenters. The molecule has 0 fully saturated rings. The summed E-state index contributed by atoms with van der Waals surface area (Å²) in [6.45, 7) is 4.09. The van der Waals surface area contributed by atoms with Gasteiger partial charge in [-0.2, -0.15) is 8.42 Å². The minimum absolute atomic E-state index is 0.121. The number of hydrogen-bond donors (Lipinski definition) is 2. The Morgan fingerprint density at radius 1 is 1.30 bits per heavy atom. The van der Waals surface area contributed by atoms with Crippen LogP contribution in [0, 0.1) is 5.92 Å². The molecule has 7 nitrogen and oxygen atoms in total. The zero-order chi connectivity index (χ0) is 15.1. The highest BCUT2D eigenvalue weighted by Gasteiger charge is 2.14. The molecule has 108 valence electrons. The first kappa shape index (κ1) is 14.5. The fourth-order valence-electron chi connectivity index (χ4n) is 1.97. The number of benzene rings is 1. The van der Waals surface area contributed by atoms with Crippen molar-refractivity contribution in [2.45, 2.75) is 25.3 Å². The van der Waals surface area contributed by atoms with Gasteiger partial charge in [0.1, 0.15) is 0 Å². The van der Waals surface area contributed by atoms with Crippen molar-refractivity contribution in [3.63, 3.8) is 0 Å². The Labute approximate surface area is 114 Å². The van der Waals surface area contributed by atoms with E-state index in [-0.39, 0.29) is 21.7 Å². The maximum atomic E-state index is 11.8. The van der Waals surface area contributed by atoms with Gasteiger partial charge in [-0.3, -0.25) is 18.9 Å². The van der Waals surface area contributed by atoms with Crippen molar-refractivity contribution in [2.75, 3.05) is 0 Å². The molecular weight excluding hydrogens is 284 g/mol. The van der Waals surface area contributed by atoms with Gasteiger partial charge in [0.2, 0.25) is 0 Å². The van der Waals surface area contributed by atoms with Crippen molar-refractivity contribution in [3.05, 3.63) is 39.0 Å². The summed E-state index contributed by atoms with van der Waals surface area (Å²) in [6.07, 6.45) is 0. The smallest absolute Gasteiger partial charge is 0.293 e. The van der Waals surface area contributed by atoms with Crippen molar-refractivity contribution < 1.29 is 13.0 Å². The van der Waals surface area contributed by atoms with Gasteiger partial charge < -0.3 is 0 Å². The molecule has 8 heteroatoms. The zero-order valence-electron chi connectivity index (χ0n) is 11.0.